The van der Waals surface area contributed by atoms with Gasteiger partial charge in [-0.1, -0.05) is 35.0 Å². The second kappa shape index (κ2) is 5.98. The molecule has 0 aromatic heterocycles. The predicted octanol–water partition coefficient (Wildman–Crippen LogP) is 3.31. The van der Waals surface area contributed by atoms with Gasteiger partial charge in [-0.25, -0.2) is 0 Å². The van der Waals surface area contributed by atoms with Crippen molar-refractivity contribution in [1.29, 1.82) is 0 Å². The molecule has 0 aliphatic carbocycles. The third kappa shape index (κ3) is 3.54. The summed E-state index contributed by atoms with van der Waals surface area (Å²) in [5.74, 6) is 0.682. The smallest absolute Gasteiger partial charge is 0.0724 e. The summed E-state index contributed by atoms with van der Waals surface area (Å²) in [6, 6.07) is 8.58. The maximum atomic E-state index is 5.54. The van der Waals surface area contributed by atoms with Crippen LogP contribution < -0.4 is 0 Å². The van der Waals surface area contributed by atoms with E-state index in [4.69, 9.17) is 4.74 Å². The molecule has 2 unspecified atom stereocenters. The molecule has 1 saturated heterocycles. The zero-order valence-corrected chi connectivity index (χ0v) is 12.1. The van der Waals surface area contributed by atoms with Gasteiger partial charge in [0.05, 0.1) is 6.10 Å². The Morgan fingerprint density at radius 1 is 1.35 bits per heavy atom. The molecule has 1 aliphatic rings. The molecule has 2 nitrogen and oxygen atoms in total. The summed E-state index contributed by atoms with van der Waals surface area (Å²) in [7, 11) is 1.82. The molecule has 0 bridgehead atoms. The van der Waals surface area contributed by atoms with Crippen LogP contribution >= 0.6 is 15.9 Å². The summed E-state index contributed by atoms with van der Waals surface area (Å²) in [5, 5.41) is 0. The average Bonchev–Trinajstić information content (AvgIpc) is 2.34. The Bertz CT molecular complexity index is 352. The molecule has 0 radical (unpaired) electrons. The number of rotatable bonds is 3. The summed E-state index contributed by atoms with van der Waals surface area (Å²) >= 11 is 3.47. The van der Waals surface area contributed by atoms with Crippen molar-refractivity contribution in [2.45, 2.75) is 26.0 Å². The van der Waals surface area contributed by atoms with Gasteiger partial charge in [0.15, 0.2) is 0 Å². The number of benzene rings is 1. The Labute approximate surface area is 112 Å². The topological polar surface area (TPSA) is 12.5 Å². The van der Waals surface area contributed by atoms with Crippen LogP contribution in [0.3, 0.4) is 0 Å². The van der Waals surface area contributed by atoms with E-state index < -0.39 is 0 Å². The van der Waals surface area contributed by atoms with Gasteiger partial charge in [-0.05, 0) is 36.6 Å². The Hall–Kier alpha value is -0.380. The minimum atomic E-state index is 0.388. The van der Waals surface area contributed by atoms with Gasteiger partial charge >= 0.3 is 0 Å². The molecular formula is C14H20BrNO. The Balaban J connectivity index is 1.93. The molecule has 17 heavy (non-hydrogen) atoms. The molecule has 2 rings (SSSR count). The monoisotopic (exact) mass is 297 g/mol. The number of hydrogen-bond acceptors (Lipinski definition) is 2. The molecule has 2 atom stereocenters. The highest BCUT2D eigenvalue weighted by Gasteiger charge is 2.25. The van der Waals surface area contributed by atoms with Gasteiger partial charge in [-0.3, -0.25) is 4.90 Å². The third-order valence-electron chi connectivity index (χ3n) is 3.60. The van der Waals surface area contributed by atoms with Crippen LogP contribution in [0.25, 0.3) is 0 Å². The minimum absolute atomic E-state index is 0.388. The highest BCUT2D eigenvalue weighted by molar-refractivity contribution is 9.10. The number of likely N-dealkylation sites (tertiary alicyclic amines) is 1. The molecule has 0 spiro atoms. The second-order valence-corrected chi connectivity index (χ2v) is 5.82. The number of hydrogen-bond donors (Lipinski definition) is 0. The van der Waals surface area contributed by atoms with Crippen molar-refractivity contribution in [3.63, 3.8) is 0 Å². The van der Waals surface area contributed by atoms with E-state index in [9.17, 15) is 0 Å². The van der Waals surface area contributed by atoms with E-state index in [-0.39, 0.29) is 0 Å². The van der Waals surface area contributed by atoms with Crippen molar-refractivity contribution in [2.75, 3.05) is 20.2 Å². The van der Waals surface area contributed by atoms with E-state index in [1.54, 1.807) is 0 Å². The minimum Gasteiger partial charge on any atom is -0.380 e. The van der Waals surface area contributed by atoms with Crippen molar-refractivity contribution in [2.24, 2.45) is 5.92 Å². The van der Waals surface area contributed by atoms with Crippen molar-refractivity contribution in [1.82, 2.24) is 4.90 Å². The largest absolute Gasteiger partial charge is 0.380 e. The lowest BCUT2D eigenvalue weighted by Crippen LogP contribution is -2.43. The van der Waals surface area contributed by atoms with E-state index in [1.807, 2.05) is 7.11 Å². The molecule has 1 fully saturated rings. The standard InChI is InChI=1S/C14H20BrNO/c1-11-7-8-16(10-14(11)17-2)9-12-3-5-13(15)6-4-12/h3-6,11,14H,7-10H2,1-2H3. The SMILES string of the molecule is COC1CN(Cc2ccc(Br)cc2)CCC1C. The van der Waals surface area contributed by atoms with E-state index in [1.165, 1.54) is 18.5 Å². The summed E-state index contributed by atoms with van der Waals surface area (Å²) in [6.45, 7) is 5.54. The average molecular weight is 298 g/mol. The van der Waals surface area contributed by atoms with Crippen molar-refractivity contribution in [3.8, 4) is 0 Å². The first kappa shape index (κ1) is 13.1. The van der Waals surface area contributed by atoms with Crippen LogP contribution in [0.5, 0.6) is 0 Å². The van der Waals surface area contributed by atoms with Crippen LogP contribution in [0.4, 0.5) is 0 Å². The molecule has 1 aromatic carbocycles. The summed E-state index contributed by atoms with van der Waals surface area (Å²) in [4.78, 5) is 2.48. The number of ether oxygens (including phenoxy) is 1. The number of nitrogens with zero attached hydrogens (tertiary/aromatic N) is 1. The molecule has 1 heterocycles. The number of methoxy groups -OCH3 is 1. The predicted molar refractivity (Wildman–Crippen MR) is 74.0 cm³/mol. The van der Waals surface area contributed by atoms with Gasteiger partial charge in [0, 0.05) is 24.7 Å². The molecular weight excluding hydrogens is 278 g/mol. The van der Waals surface area contributed by atoms with Crippen LogP contribution in [0.2, 0.25) is 0 Å². The highest BCUT2D eigenvalue weighted by Crippen LogP contribution is 2.21. The fourth-order valence-electron chi connectivity index (χ4n) is 2.40. The van der Waals surface area contributed by atoms with E-state index in [0.717, 1.165) is 17.6 Å². The van der Waals surface area contributed by atoms with Crippen LogP contribution in [0.1, 0.15) is 18.9 Å². The fourth-order valence-corrected chi connectivity index (χ4v) is 2.66. The van der Waals surface area contributed by atoms with E-state index in [2.05, 4.69) is 52.0 Å². The molecule has 94 valence electrons. The first-order chi connectivity index (χ1) is 8.19. The maximum absolute atomic E-state index is 5.54. The Kier molecular flexibility index (Phi) is 4.60. The first-order valence-corrected chi connectivity index (χ1v) is 6.98. The van der Waals surface area contributed by atoms with Gasteiger partial charge in [0.2, 0.25) is 0 Å². The van der Waals surface area contributed by atoms with Crippen LogP contribution in [-0.2, 0) is 11.3 Å². The second-order valence-electron chi connectivity index (χ2n) is 4.90. The van der Waals surface area contributed by atoms with Crippen LogP contribution in [-0.4, -0.2) is 31.2 Å². The van der Waals surface area contributed by atoms with Crippen molar-refractivity contribution < 1.29 is 4.74 Å². The number of piperidine rings is 1. The lowest BCUT2D eigenvalue weighted by molar-refractivity contribution is -0.00744. The van der Waals surface area contributed by atoms with Crippen molar-refractivity contribution >= 4 is 15.9 Å². The highest BCUT2D eigenvalue weighted by atomic mass is 79.9. The van der Waals surface area contributed by atoms with Gasteiger partial charge in [0.1, 0.15) is 0 Å². The molecule has 1 aliphatic heterocycles. The lowest BCUT2D eigenvalue weighted by atomic mass is 9.95. The zero-order valence-electron chi connectivity index (χ0n) is 10.5. The summed E-state index contributed by atoms with van der Waals surface area (Å²) < 4.78 is 6.68. The molecule has 0 N–H and O–H groups in total. The van der Waals surface area contributed by atoms with E-state index >= 15 is 0 Å². The van der Waals surface area contributed by atoms with Gasteiger partial charge < -0.3 is 4.74 Å². The van der Waals surface area contributed by atoms with Crippen LogP contribution in [0.15, 0.2) is 28.7 Å². The normalized spacial score (nSPS) is 26.1. The summed E-state index contributed by atoms with van der Waals surface area (Å²) in [6.07, 6.45) is 1.62. The van der Waals surface area contributed by atoms with E-state index in [0.29, 0.717) is 12.0 Å². The van der Waals surface area contributed by atoms with Crippen molar-refractivity contribution in [3.05, 3.63) is 34.3 Å². The number of halogens is 1. The molecule has 3 heteroatoms. The maximum Gasteiger partial charge on any atom is 0.0724 e. The first-order valence-electron chi connectivity index (χ1n) is 6.18. The summed E-state index contributed by atoms with van der Waals surface area (Å²) in [5.41, 5.74) is 1.37. The third-order valence-corrected chi connectivity index (χ3v) is 4.12. The molecule has 1 aromatic rings. The molecule has 0 saturated carbocycles. The van der Waals surface area contributed by atoms with Crippen LogP contribution in [0, 0.1) is 5.92 Å². The Morgan fingerprint density at radius 2 is 2.06 bits per heavy atom. The molecule has 0 amide bonds. The zero-order chi connectivity index (χ0) is 12.3. The van der Waals surface area contributed by atoms with Gasteiger partial charge in [0.25, 0.3) is 0 Å². The Morgan fingerprint density at radius 3 is 2.71 bits per heavy atom. The fraction of sp³-hybridized carbons (Fsp3) is 0.571. The van der Waals surface area contributed by atoms with Gasteiger partial charge in [-0.2, -0.15) is 0 Å². The lowest BCUT2D eigenvalue weighted by Gasteiger charge is -2.36. The van der Waals surface area contributed by atoms with Gasteiger partial charge in [-0.15, -0.1) is 0 Å². The quantitative estimate of drug-likeness (QED) is 0.849.